The van der Waals surface area contributed by atoms with E-state index in [0.29, 0.717) is 55.5 Å². The fourth-order valence-corrected chi connectivity index (χ4v) is 4.49. The quantitative estimate of drug-likeness (QED) is 0.108. The van der Waals surface area contributed by atoms with Gasteiger partial charge in [0.2, 0.25) is 0 Å². The van der Waals surface area contributed by atoms with Crippen molar-refractivity contribution in [3.8, 4) is 11.5 Å². The number of anilines is 2. The van der Waals surface area contributed by atoms with Crippen molar-refractivity contribution >= 4 is 64.5 Å². The molecule has 2 aliphatic heterocycles. The minimum atomic E-state index is -0.423. The molecule has 0 saturated carbocycles. The van der Waals surface area contributed by atoms with Crippen molar-refractivity contribution in [3.63, 3.8) is 0 Å². The van der Waals surface area contributed by atoms with Crippen LogP contribution in [0.2, 0.25) is 10.0 Å². The van der Waals surface area contributed by atoms with Crippen molar-refractivity contribution in [2.24, 2.45) is 0 Å². The number of amides is 4. The molecule has 2 heterocycles. The van der Waals surface area contributed by atoms with E-state index in [1.165, 1.54) is 24.3 Å². The second-order valence-electron chi connectivity index (χ2n) is 9.01. The average Bonchev–Trinajstić information content (AvgIpc) is 3.45. The summed E-state index contributed by atoms with van der Waals surface area (Å²) in [6.45, 7) is 0.282. The Kier molecular flexibility index (Phi) is 9.29. The van der Waals surface area contributed by atoms with Gasteiger partial charge in [-0.15, -0.1) is 0 Å². The van der Waals surface area contributed by atoms with Crippen LogP contribution in [0.1, 0.15) is 57.4 Å². The van der Waals surface area contributed by atoms with Gasteiger partial charge in [0.15, 0.2) is 6.29 Å². The number of nitrogen functional groups attached to an aromatic ring is 1. The van der Waals surface area contributed by atoms with Crippen LogP contribution in [-0.2, 0) is 6.54 Å². The number of aromatic hydroxyl groups is 2. The van der Waals surface area contributed by atoms with Crippen molar-refractivity contribution in [2.75, 3.05) is 11.1 Å². The molecule has 0 fully saturated rings. The van der Waals surface area contributed by atoms with Crippen molar-refractivity contribution < 1.29 is 34.2 Å². The van der Waals surface area contributed by atoms with E-state index < -0.39 is 17.7 Å². The Bertz CT molecular complexity index is 1790. The van der Waals surface area contributed by atoms with Crippen LogP contribution in [0.3, 0.4) is 0 Å². The number of benzene rings is 4. The van der Waals surface area contributed by atoms with Crippen LogP contribution >= 0.6 is 23.2 Å². The van der Waals surface area contributed by atoms with Crippen molar-refractivity contribution in [1.29, 1.82) is 0 Å². The van der Waals surface area contributed by atoms with Gasteiger partial charge in [-0.1, -0.05) is 35.3 Å². The van der Waals surface area contributed by atoms with Gasteiger partial charge in [-0.3, -0.25) is 34.6 Å². The summed E-state index contributed by atoms with van der Waals surface area (Å²) in [6.07, 6.45) is 0.557. The molecule has 2 aliphatic rings. The third kappa shape index (κ3) is 6.92. The molecular formula is C30H22Cl2N4O7. The van der Waals surface area contributed by atoms with Crippen molar-refractivity contribution in [1.82, 2.24) is 10.6 Å². The summed E-state index contributed by atoms with van der Waals surface area (Å²) < 4.78 is 0. The highest BCUT2D eigenvalue weighted by molar-refractivity contribution is 6.31. The number of fused-ring (bicyclic) bond motifs is 2. The van der Waals surface area contributed by atoms with Gasteiger partial charge >= 0.3 is 0 Å². The van der Waals surface area contributed by atoms with Gasteiger partial charge in [0.1, 0.15) is 11.5 Å². The Morgan fingerprint density at radius 3 is 1.88 bits per heavy atom. The zero-order valence-electron chi connectivity index (χ0n) is 22.0. The van der Waals surface area contributed by atoms with Crippen LogP contribution in [0.25, 0.3) is 0 Å². The number of hydrogen-bond acceptors (Lipinski definition) is 9. The Hall–Kier alpha value is -5.39. The van der Waals surface area contributed by atoms with Crippen molar-refractivity contribution in [2.45, 2.75) is 6.54 Å². The standard InChI is InChI=1S/C15H11ClN2O3.C8H6N2O2.C7H5ClO2/c16-9-4-5-12(19)8(6-9)7-17-11-3-1-2-10-13(11)15(21)18-14(10)20;9-5-3-1-2-4-6(5)8(12)10-7(4)11;8-6-1-2-7(10)5(3-6)4-9/h1-6,17,19H,7H2,(H,18,20,21);1-3H,9H2,(H,10,11,12);1-4,10H. The number of rotatable bonds is 4. The van der Waals surface area contributed by atoms with E-state index in [0.717, 1.165) is 0 Å². The average molecular weight is 621 g/mol. The first-order valence-electron chi connectivity index (χ1n) is 12.4. The molecule has 0 atom stereocenters. The number of phenolic OH excluding ortho intramolecular Hbond substituents is 2. The Labute approximate surface area is 254 Å². The summed E-state index contributed by atoms with van der Waals surface area (Å²) in [6, 6.07) is 18.8. The minimum Gasteiger partial charge on any atom is -0.508 e. The molecule has 11 nitrogen and oxygen atoms in total. The molecule has 4 aromatic rings. The number of hydrogen-bond donors (Lipinski definition) is 6. The van der Waals surface area contributed by atoms with Crippen LogP contribution in [0, 0.1) is 0 Å². The molecule has 0 aliphatic carbocycles. The lowest BCUT2D eigenvalue weighted by Crippen LogP contribution is -2.20. The van der Waals surface area contributed by atoms with Gasteiger partial charge in [-0.25, -0.2) is 0 Å². The second-order valence-corrected chi connectivity index (χ2v) is 9.88. The summed E-state index contributed by atoms with van der Waals surface area (Å²) >= 11 is 11.4. The minimum absolute atomic E-state index is 0.0422. The predicted octanol–water partition coefficient (Wildman–Crippen LogP) is 4.55. The molecule has 0 aromatic heterocycles. The van der Waals surface area contributed by atoms with Crippen molar-refractivity contribution in [3.05, 3.63) is 116 Å². The molecule has 0 radical (unpaired) electrons. The Morgan fingerprint density at radius 2 is 1.28 bits per heavy atom. The lowest BCUT2D eigenvalue weighted by Gasteiger charge is -2.11. The van der Waals surface area contributed by atoms with Crippen LogP contribution in [-0.4, -0.2) is 40.1 Å². The highest BCUT2D eigenvalue weighted by Crippen LogP contribution is 2.27. The first-order chi connectivity index (χ1) is 20.5. The largest absolute Gasteiger partial charge is 0.508 e. The Morgan fingerprint density at radius 1 is 0.721 bits per heavy atom. The highest BCUT2D eigenvalue weighted by atomic mass is 35.5. The van der Waals surface area contributed by atoms with Crippen LogP contribution in [0.15, 0.2) is 72.8 Å². The van der Waals surface area contributed by atoms with Gasteiger partial charge in [0.05, 0.1) is 27.8 Å². The summed E-state index contributed by atoms with van der Waals surface area (Å²) in [4.78, 5) is 55.7. The molecule has 7 N–H and O–H groups in total. The molecule has 4 aromatic carbocycles. The first kappa shape index (κ1) is 30.6. The third-order valence-corrected chi connectivity index (χ3v) is 6.66. The van der Waals surface area contributed by atoms with Crippen LogP contribution in [0.5, 0.6) is 11.5 Å². The molecule has 0 unspecified atom stereocenters. The zero-order chi connectivity index (χ0) is 31.3. The van der Waals surface area contributed by atoms with Gasteiger partial charge in [0.25, 0.3) is 23.6 Å². The predicted molar refractivity (Wildman–Crippen MR) is 160 cm³/mol. The number of halogens is 2. The SMILES string of the molecule is Nc1cccc2c1C(=O)NC2=O.O=C1NC(=O)c2c(NCc3cc(Cl)ccc3O)cccc21.O=Cc1cc(Cl)ccc1O. The topological polar surface area (TPSA) is 188 Å². The number of carbonyl (C=O) groups excluding carboxylic acids is 5. The number of aldehydes is 1. The fraction of sp³-hybridized carbons (Fsp3) is 0.0333. The summed E-state index contributed by atoms with van der Waals surface area (Å²) in [5.41, 5.74) is 8.53. The Balaban J connectivity index is 0.000000163. The zero-order valence-corrected chi connectivity index (χ0v) is 23.5. The number of nitrogens with two attached hydrogens (primary N) is 1. The van der Waals surface area contributed by atoms with E-state index in [9.17, 15) is 29.1 Å². The maximum atomic E-state index is 11.8. The second kappa shape index (κ2) is 13.1. The maximum Gasteiger partial charge on any atom is 0.261 e. The summed E-state index contributed by atoms with van der Waals surface area (Å²) in [5.74, 6) is -1.53. The molecule has 0 saturated heterocycles. The van der Waals surface area contributed by atoms with Crippen LogP contribution < -0.4 is 21.7 Å². The normalized spacial score (nSPS) is 12.5. The third-order valence-electron chi connectivity index (χ3n) is 6.19. The lowest BCUT2D eigenvalue weighted by molar-refractivity contribution is 0.0863. The number of imide groups is 2. The van der Waals surface area contributed by atoms with E-state index in [1.807, 2.05) is 0 Å². The van der Waals surface area contributed by atoms with E-state index in [2.05, 4.69) is 16.0 Å². The molecule has 43 heavy (non-hydrogen) atoms. The summed E-state index contributed by atoms with van der Waals surface area (Å²) in [7, 11) is 0. The highest BCUT2D eigenvalue weighted by Gasteiger charge is 2.29. The molecule has 218 valence electrons. The molecule has 0 bridgehead atoms. The molecule has 13 heteroatoms. The molecule has 0 spiro atoms. The van der Waals surface area contributed by atoms with Crippen LogP contribution in [0.4, 0.5) is 11.4 Å². The molecular weight excluding hydrogens is 599 g/mol. The summed E-state index contributed by atoms with van der Waals surface area (Å²) in [5, 5.41) is 27.1. The molecule has 6 rings (SSSR count). The number of phenols is 2. The van der Waals surface area contributed by atoms with Gasteiger partial charge < -0.3 is 21.3 Å². The number of carbonyl (C=O) groups is 5. The van der Waals surface area contributed by atoms with Gasteiger partial charge in [-0.2, -0.15) is 0 Å². The smallest absolute Gasteiger partial charge is 0.261 e. The maximum absolute atomic E-state index is 11.8. The fourth-order valence-electron chi connectivity index (χ4n) is 4.12. The monoisotopic (exact) mass is 620 g/mol. The van der Waals surface area contributed by atoms with E-state index in [1.54, 1.807) is 48.5 Å². The van der Waals surface area contributed by atoms with E-state index >= 15 is 0 Å². The van der Waals surface area contributed by atoms with Gasteiger partial charge in [-0.05, 0) is 60.7 Å². The lowest BCUT2D eigenvalue weighted by atomic mass is 10.1. The van der Waals surface area contributed by atoms with E-state index in [-0.39, 0.29) is 29.5 Å². The van der Waals surface area contributed by atoms with E-state index in [4.69, 9.17) is 34.0 Å². The number of nitrogens with one attached hydrogen (secondary N) is 3. The van der Waals surface area contributed by atoms with Gasteiger partial charge in [0, 0.05) is 33.5 Å². The molecule has 4 amide bonds. The first-order valence-corrected chi connectivity index (χ1v) is 13.1.